The van der Waals surface area contributed by atoms with Crippen LogP contribution in [0.3, 0.4) is 0 Å². The van der Waals surface area contributed by atoms with Crippen LogP contribution in [0.25, 0.3) is 0 Å². The maximum atomic E-state index is 11.7. The second-order valence-electron chi connectivity index (χ2n) is 7.50. The van der Waals surface area contributed by atoms with Crippen LogP contribution in [0.2, 0.25) is 0 Å². The fraction of sp³-hybridized carbons (Fsp3) is 0.950. The van der Waals surface area contributed by atoms with Gasteiger partial charge in [-0.05, 0) is 6.42 Å². The molecular weight excluding hydrogens is 415 g/mol. The molecule has 0 aliphatic carbocycles. The van der Waals surface area contributed by atoms with Crippen molar-refractivity contribution in [3.63, 3.8) is 0 Å². The van der Waals surface area contributed by atoms with Crippen LogP contribution in [0.15, 0.2) is 0 Å². The minimum atomic E-state index is -4.72. The molecule has 0 heterocycles. The van der Waals surface area contributed by atoms with E-state index < -0.39 is 45.8 Å². The third-order valence-corrected chi connectivity index (χ3v) is 5.41. The molecule has 0 aliphatic heterocycles. The Labute approximate surface area is 180 Å². The Morgan fingerprint density at radius 2 is 1.30 bits per heavy atom. The summed E-state index contributed by atoms with van der Waals surface area (Å²) in [5.74, 6) is -0.447. The summed E-state index contributed by atoms with van der Waals surface area (Å²) in [6, 6.07) is 0. The third-order valence-electron chi connectivity index (χ3n) is 4.48. The Kier molecular flexibility index (Phi) is 18.8. The molecule has 0 aromatic carbocycles. The van der Waals surface area contributed by atoms with Gasteiger partial charge in [0.15, 0.2) is 0 Å². The first-order valence-electron chi connectivity index (χ1n) is 11.0. The summed E-state index contributed by atoms with van der Waals surface area (Å²) in [7, 11) is -4.72. The van der Waals surface area contributed by atoms with Crippen LogP contribution in [0.4, 0.5) is 0 Å². The number of carbonyl (C=O) groups is 1. The smallest absolute Gasteiger partial charge is 0.305 e. The molecule has 0 aromatic heterocycles. The van der Waals surface area contributed by atoms with E-state index in [1.807, 2.05) is 0 Å². The van der Waals surface area contributed by atoms with E-state index in [1.54, 1.807) is 0 Å². The van der Waals surface area contributed by atoms with Crippen molar-refractivity contribution in [3.8, 4) is 0 Å². The molecule has 30 heavy (non-hydrogen) atoms. The zero-order chi connectivity index (χ0) is 22.7. The molecule has 0 spiro atoms. The summed E-state index contributed by atoms with van der Waals surface area (Å²) in [6.07, 6.45) is 10.6. The van der Waals surface area contributed by atoms with Gasteiger partial charge >= 0.3 is 5.97 Å². The zero-order valence-electron chi connectivity index (χ0n) is 18.2. The van der Waals surface area contributed by atoms with Crippen LogP contribution >= 0.6 is 7.82 Å². The molecule has 180 valence electrons. The lowest BCUT2D eigenvalue weighted by atomic mass is 10.1. The number of aliphatic hydroxyl groups is 3. The summed E-state index contributed by atoms with van der Waals surface area (Å²) in [5.41, 5.74) is 0. The highest BCUT2D eigenvalue weighted by atomic mass is 31.2. The minimum absolute atomic E-state index is 0.257. The normalized spacial score (nSPS) is 15.5. The van der Waals surface area contributed by atoms with Gasteiger partial charge in [0.05, 0.1) is 19.8 Å². The maximum absolute atomic E-state index is 11.7. The second-order valence-corrected chi connectivity index (χ2v) is 8.91. The van der Waals surface area contributed by atoms with E-state index >= 15 is 0 Å². The molecule has 0 aromatic rings. The van der Waals surface area contributed by atoms with Crippen molar-refractivity contribution in [1.82, 2.24) is 0 Å². The molecule has 3 atom stereocenters. The number of unbranched alkanes of at least 4 members (excludes halogenated alkanes) is 10. The molecule has 0 saturated heterocycles. The SMILES string of the molecule is CCCCCCCCCCCCCC(=O)OC[C@@H](O)COP(=O)([O-])OC[C@@H](O)CO. The van der Waals surface area contributed by atoms with Crippen LogP contribution in [0, 0.1) is 0 Å². The van der Waals surface area contributed by atoms with E-state index in [0.717, 1.165) is 19.3 Å². The standard InChI is InChI=1S/C20H41O9P/c1-2-3-4-5-6-7-8-9-10-11-12-13-20(24)27-15-19(23)17-29-30(25,26)28-16-18(22)14-21/h18-19,21-23H,2-17H2,1H3,(H,25,26)/p-1/t18-,19+/m0/s1. The van der Waals surface area contributed by atoms with Gasteiger partial charge in [-0.1, -0.05) is 71.1 Å². The summed E-state index contributed by atoms with van der Waals surface area (Å²) in [6.45, 7) is -0.108. The Bertz CT molecular complexity index is 462. The monoisotopic (exact) mass is 455 g/mol. The van der Waals surface area contributed by atoms with Crippen molar-refractivity contribution in [2.24, 2.45) is 0 Å². The number of hydrogen-bond acceptors (Lipinski definition) is 9. The van der Waals surface area contributed by atoms with Crippen molar-refractivity contribution in [2.75, 3.05) is 26.4 Å². The minimum Gasteiger partial charge on any atom is -0.756 e. The Balaban J connectivity index is 3.60. The average Bonchev–Trinajstić information content (AvgIpc) is 2.73. The molecule has 0 aliphatic rings. The molecule has 0 radical (unpaired) electrons. The van der Waals surface area contributed by atoms with Crippen LogP contribution < -0.4 is 4.89 Å². The van der Waals surface area contributed by atoms with Gasteiger partial charge in [-0.2, -0.15) is 0 Å². The fourth-order valence-corrected chi connectivity index (χ4v) is 3.47. The van der Waals surface area contributed by atoms with Crippen molar-refractivity contribution in [3.05, 3.63) is 0 Å². The molecule has 1 unspecified atom stereocenters. The van der Waals surface area contributed by atoms with Gasteiger partial charge in [-0.25, -0.2) is 0 Å². The van der Waals surface area contributed by atoms with Crippen molar-refractivity contribution in [1.29, 1.82) is 0 Å². The Hall–Kier alpha value is -0.540. The summed E-state index contributed by atoms with van der Waals surface area (Å²) >= 11 is 0. The lowest BCUT2D eigenvalue weighted by molar-refractivity contribution is -0.229. The highest BCUT2D eigenvalue weighted by molar-refractivity contribution is 7.45. The largest absolute Gasteiger partial charge is 0.756 e. The van der Waals surface area contributed by atoms with E-state index in [0.29, 0.717) is 0 Å². The predicted octanol–water partition coefficient (Wildman–Crippen LogP) is 2.45. The van der Waals surface area contributed by atoms with E-state index in [4.69, 9.17) is 14.9 Å². The zero-order valence-corrected chi connectivity index (χ0v) is 19.1. The summed E-state index contributed by atoms with van der Waals surface area (Å²) < 4.78 is 25.1. The van der Waals surface area contributed by atoms with Gasteiger partial charge in [-0.15, -0.1) is 0 Å². The number of aliphatic hydroxyl groups excluding tert-OH is 3. The molecule has 0 fully saturated rings. The van der Waals surface area contributed by atoms with Crippen LogP contribution in [0.1, 0.15) is 84.0 Å². The quantitative estimate of drug-likeness (QED) is 0.135. The molecular formula is C20H40O9P-. The number of carbonyl (C=O) groups excluding carboxylic acids is 1. The van der Waals surface area contributed by atoms with E-state index in [2.05, 4.69) is 16.0 Å². The first-order valence-corrected chi connectivity index (χ1v) is 12.5. The molecule has 0 saturated carbocycles. The van der Waals surface area contributed by atoms with Gasteiger partial charge in [0.1, 0.15) is 18.8 Å². The number of esters is 1. The van der Waals surface area contributed by atoms with Crippen LogP contribution in [0.5, 0.6) is 0 Å². The molecule has 0 bridgehead atoms. The first-order chi connectivity index (χ1) is 14.3. The number of phosphoric ester groups is 1. The van der Waals surface area contributed by atoms with E-state index in [9.17, 15) is 19.4 Å². The highest BCUT2D eigenvalue weighted by Crippen LogP contribution is 2.38. The fourth-order valence-electron chi connectivity index (χ4n) is 2.69. The van der Waals surface area contributed by atoms with Gasteiger partial charge in [0.25, 0.3) is 7.82 Å². The molecule has 10 heteroatoms. The number of hydrogen-bond donors (Lipinski definition) is 3. The molecule has 9 nitrogen and oxygen atoms in total. The van der Waals surface area contributed by atoms with Crippen LogP contribution in [-0.4, -0.2) is 59.9 Å². The van der Waals surface area contributed by atoms with E-state index in [-0.39, 0.29) is 13.0 Å². The lowest BCUT2D eigenvalue weighted by Gasteiger charge is -2.24. The molecule has 3 N–H and O–H groups in total. The first kappa shape index (κ1) is 29.5. The number of phosphoric acid groups is 1. The van der Waals surface area contributed by atoms with Crippen molar-refractivity contribution < 1.29 is 43.4 Å². The average molecular weight is 456 g/mol. The Morgan fingerprint density at radius 3 is 1.80 bits per heavy atom. The van der Waals surface area contributed by atoms with Gasteiger partial charge in [-0.3, -0.25) is 9.36 Å². The van der Waals surface area contributed by atoms with Crippen molar-refractivity contribution >= 4 is 13.8 Å². The van der Waals surface area contributed by atoms with Gasteiger partial charge in [0, 0.05) is 6.42 Å². The van der Waals surface area contributed by atoms with Crippen molar-refractivity contribution in [2.45, 2.75) is 96.2 Å². The second kappa shape index (κ2) is 19.2. The van der Waals surface area contributed by atoms with Crippen LogP contribution in [-0.2, 0) is 23.1 Å². The number of rotatable bonds is 21. The van der Waals surface area contributed by atoms with Gasteiger partial charge < -0.3 is 34.0 Å². The number of ether oxygens (including phenoxy) is 1. The van der Waals surface area contributed by atoms with Gasteiger partial charge in [0.2, 0.25) is 0 Å². The lowest BCUT2D eigenvalue weighted by Crippen LogP contribution is -2.26. The Morgan fingerprint density at radius 1 is 0.833 bits per heavy atom. The summed E-state index contributed by atoms with van der Waals surface area (Å²) in [4.78, 5) is 23.0. The van der Waals surface area contributed by atoms with E-state index in [1.165, 1.54) is 51.4 Å². The highest BCUT2D eigenvalue weighted by Gasteiger charge is 2.16. The summed E-state index contributed by atoms with van der Waals surface area (Å²) in [5, 5.41) is 27.2. The topological polar surface area (TPSA) is 146 Å². The molecule has 0 rings (SSSR count). The predicted molar refractivity (Wildman–Crippen MR) is 111 cm³/mol. The molecule has 0 amide bonds. The maximum Gasteiger partial charge on any atom is 0.305 e. The third kappa shape index (κ3) is 19.4.